The minimum absolute atomic E-state index is 0.146. The summed E-state index contributed by atoms with van der Waals surface area (Å²) in [5, 5.41) is 3.73. The van der Waals surface area contributed by atoms with Crippen LogP contribution in [0.1, 0.15) is 134 Å². The SMILES string of the molecule is C=C/C(=C\C(=C/C)C(=C)NC(C)c1ccc(C(=C2CC3(C2)CC(C)C3)c2ccc(C)cc2)cc1)C(CCC)CCCC(=C)C1(C)CC1. The third kappa shape index (κ3) is 8.22. The van der Waals surface area contributed by atoms with Crippen LogP contribution in [0.5, 0.6) is 0 Å². The first-order valence-corrected chi connectivity index (χ1v) is 18.5. The van der Waals surface area contributed by atoms with Crippen molar-refractivity contribution in [2.75, 3.05) is 0 Å². The highest BCUT2D eigenvalue weighted by Crippen LogP contribution is 2.62. The van der Waals surface area contributed by atoms with Crippen LogP contribution in [0.15, 0.2) is 114 Å². The molecule has 250 valence electrons. The number of hydrogen-bond acceptors (Lipinski definition) is 1. The van der Waals surface area contributed by atoms with Crippen molar-refractivity contribution in [2.24, 2.45) is 22.7 Å². The lowest BCUT2D eigenvalue weighted by Crippen LogP contribution is -2.43. The molecular weight excluding hydrogens is 567 g/mol. The van der Waals surface area contributed by atoms with Crippen molar-refractivity contribution in [2.45, 2.75) is 118 Å². The first-order chi connectivity index (χ1) is 22.5. The van der Waals surface area contributed by atoms with E-state index in [2.05, 4.69) is 133 Å². The minimum Gasteiger partial charge on any atom is -0.379 e. The monoisotopic (exact) mass is 627 g/mol. The first kappa shape index (κ1) is 35.0. The Balaban J connectivity index is 1.25. The Morgan fingerprint density at radius 1 is 0.979 bits per heavy atom. The second-order valence-electron chi connectivity index (χ2n) is 15.8. The first-order valence-electron chi connectivity index (χ1n) is 18.5. The Kier molecular flexibility index (Phi) is 11.1. The van der Waals surface area contributed by atoms with E-state index in [-0.39, 0.29) is 6.04 Å². The standard InChI is InChI=1S/C46H61N/c1-10-14-40(16-13-15-34(6)45(9)25-26-45)38(12-3)27-37(11-2)35(7)47-36(8)39-21-23-42(24-22-39)44(41-19-17-32(4)18-20-41)43-30-46(31-43)28-33(5)29-46/h11-12,17-24,27,33,36,40,47H,3,6-7,10,13-16,25-26,28-31H2,1-2,4-5,8-9H3/b37-11+,38-27+,44-43?. The number of benzene rings is 2. The fraction of sp³-hybridized carbons (Fsp3) is 0.478. The average Bonchev–Trinajstić information content (AvgIpc) is 3.79. The highest BCUT2D eigenvalue weighted by Gasteiger charge is 2.49. The number of rotatable bonds is 16. The van der Waals surface area contributed by atoms with Crippen LogP contribution in [0.4, 0.5) is 0 Å². The maximum absolute atomic E-state index is 4.49. The molecule has 5 rings (SSSR count). The number of hydrogen-bond donors (Lipinski definition) is 1. The molecule has 3 saturated carbocycles. The highest BCUT2D eigenvalue weighted by molar-refractivity contribution is 5.83. The molecule has 0 radical (unpaired) electrons. The average molecular weight is 628 g/mol. The van der Waals surface area contributed by atoms with Crippen LogP contribution in [-0.4, -0.2) is 0 Å². The van der Waals surface area contributed by atoms with Gasteiger partial charge < -0.3 is 5.32 Å². The molecule has 0 saturated heterocycles. The molecule has 3 aliphatic rings. The Hall–Kier alpha value is -3.32. The summed E-state index contributed by atoms with van der Waals surface area (Å²) in [5.41, 5.74) is 14.3. The van der Waals surface area contributed by atoms with Gasteiger partial charge in [0.05, 0.1) is 0 Å². The van der Waals surface area contributed by atoms with Gasteiger partial charge in [0.1, 0.15) is 0 Å². The van der Waals surface area contributed by atoms with Crippen molar-refractivity contribution >= 4 is 5.57 Å². The third-order valence-electron chi connectivity index (χ3n) is 11.7. The summed E-state index contributed by atoms with van der Waals surface area (Å²) in [4.78, 5) is 0. The van der Waals surface area contributed by atoms with E-state index in [9.17, 15) is 0 Å². The molecule has 0 aromatic heterocycles. The molecule has 2 aromatic rings. The molecule has 0 aliphatic heterocycles. The summed E-state index contributed by atoms with van der Waals surface area (Å²) < 4.78 is 0. The van der Waals surface area contributed by atoms with E-state index in [4.69, 9.17) is 0 Å². The Morgan fingerprint density at radius 2 is 1.60 bits per heavy atom. The number of allylic oxidation sites excluding steroid dienone is 6. The van der Waals surface area contributed by atoms with E-state index in [1.54, 1.807) is 5.57 Å². The van der Waals surface area contributed by atoms with Crippen LogP contribution in [0.3, 0.4) is 0 Å². The summed E-state index contributed by atoms with van der Waals surface area (Å²) >= 11 is 0. The van der Waals surface area contributed by atoms with Crippen LogP contribution >= 0.6 is 0 Å². The zero-order valence-electron chi connectivity index (χ0n) is 30.5. The van der Waals surface area contributed by atoms with Crippen LogP contribution < -0.4 is 5.32 Å². The summed E-state index contributed by atoms with van der Waals surface area (Å²) in [6.07, 6.45) is 20.4. The zero-order valence-corrected chi connectivity index (χ0v) is 30.5. The van der Waals surface area contributed by atoms with E-state index in [0.29, 0.717) is 16.7 Å². The van der Waals surface area contributed by atoms with E-state index in [1.807, 2.05) is 0 Å². The molecule has 47 heavy (non-hydrogen) atoms. The third-order valence-corrected chi connectivity index (χ3v) is 11.7. The lowest BCUT2D eigenvalue weighted by atomic mass is 9.49. The normalized spacial score (nSPS) is 22.9. The molecule has 1 spiro atoms. The minimum atomic E-state index is 0.146. The summed E-state index contributed by atoms with van der Waals surface area (Å²) in [6.45, 7) is 26.8. The Bertz CT molecular complexity index is 1520. The maximum Gasteiger partial charge on any atom is 0.0485 e. The highest BCUT2D eigenvalue weighted by atomic mass is 14.9. The van der Waals surface area contributed by atoms with Crippen LogP contribution in [0, 0.1) is 29.6 Å². The number of aryl methyl sites for hydroxylation is 1. The zero-order chi connectivity index (χ0) is 33.8. The Labute approximate surface area is 287 Å². The summed E-state index contributed by atoms with van der Waals surface area (Å²) in [5.74, 6) is 1.41. The quantitative estimate of drug-likeness (QED) is 0.144. The molecule has 1 heteroatoms. The van der Waals surface area contributed by atoms with Crippen molar-refractivity contribution in [3.63, 3.8) is 0 Å². The van der Waals surface area contributed by atoms with Gasteiger partial charge in [0, 0.05) is 11.7 Å². The van der Waals surface area contributed by atoms with Crippen molar-refractivity contribution in [1.29, 1.82) is 0 Å². The van der Waals surface area contributed by atoms with E-state index in [0.717, 1.165) is 23.6 Å². The van der Waals surface area contributed by atoms with Gasteiger partial charge in [-0.1, -0.05) is 124 Å². The van der Waals surface area contributed by atoms with Gasteiger partial charge in [-0.25, -0.2) is 0 Å². The van der Waals surface area contributed by atoms with Gasteiger partial charge in [0.25, 0.3) is 0 Å². The van der Waals surface area contributed by atoms with E-state index >= 15 is 0 Å². The summed E-state index contributed by atoms with van der Waals surface area (Å²) in [6, 6.07) is 18.6. The number of nitrogens with one attached hydrogen (secondary N) is 1. The molecule has 2 atom stereocenters. The molecule has 2 aromatic carbocycles. The van der Waals surface area contributed by atoms with Crippen molar-refractivity contribution in [1.82, 2.24) is 5.32 Å². The smallest absolute Gasteiger partial charge is 0.0485 e. The van der Waals surface area contributed by atoms with E-state index in [1.165, 1.54) is 103 Å². The lowest BCUT2D eigenvalue weighted by Gasteiger charge is -2.55. The second kappa shape index (κ2) is 14.8. The van der Waals surface area contributed by atoms with Gasteiger partial charge in [-0.15, -0.1) is 0 Å². The maximum atomic E-state index is 4.49. The van der Waals surface area contributed by atoms with Gasteiger partial charge in [-0.05, 0) is 147 Å². The largest absolute Gasteiger partial charge is 0.379 e. The lowest BCUT2D eigenvalue weighted by molar-refractivity contribution is 0.0246. The van der Waals surface area contributed by atoms with E-state index < -0.39 is 0 Å². The van der Waals surface area contributed by atoms with Gasteiger partial charge in [0.15, 0.2) is 0 Å². The van der Waals surface area contributed by atoms with Crippen molar-refractivity contribution in [3.05, 3.63) is 137 Å². The Morgan fingerprint density at radius 3 is 2.13 bits per heavy atom. The van der Waals surface area contributed by atoms with Crippen molar-refractivity contribution < 1.29 is 0 Å². The van der Waals surface area contributed by atoms with Crippen LogP contribution in [0.2, 0.25) is 0 Å². The predicted molar refractivity (Wildman–Crippen MR) is 205 cm³/mol. The second-order valence-corrected chi connectivity index (χ2v) is 15.8. The molecule has 3 aliphatic carbocycles. The van der Waals surface area contributed by atoms with Gasteiger partial charge in [-0.3, -0.25) is 0 Å². The fourth-order valence-corrected chi connectivity index (χ4v) is 8.50. The molecular formula is C46H61N. The molecule has 1 N–H and O–H groups in total. The molecule has 0 bridgehead atoms. The van der Waals surface area contributed by atoms with Crippen LogP contribution in [-0.2, 0) is 0 Å². The fourth-order valence-electron chi connectivity index (χ4n) is 8.50. The summed E-state index contributed by atoms with van der Waals surface area (Å²) in [7, 11) is 0. The molecule has 0 amide bonds. The van der Waals surface area contributed by atoms with Gasteiger partial charge in [-0.2, -0.15) is 0 Å². The molecule has 2 unspecified atom stereocenters. The van der Waals surface area contributed by atoms with Gasteiger partial charge in [0.2, 0.25) is 0 Å². The molecule has 1 nitrogen and oxygen atoms in total. The van der Waals surface area contributed by atoms with Crippen molar-refractivity contribution in [3.8, 4) is 0 Å². The topological polar surface area (TPSA) is 12.0 Å². The molecule has 3 fully saturated rings. The predicted octanol–water partition coefficient (Wildman–Crippen LogP) is 13.2. The molecule has 0 heterocycles. The van der Waals surface area contributed by atoms with Gasteiger partial charge >= 0.3 is 0 Å². The van der Waals surface area contributed by atoms with Crippen LogP contribution in [0.25, 0.3) is 5.57 Å².